The first-order chi connectivity index (χ1) is 5.05. The fraction of sp³-hybridized carbons (Fsp3) is 0.500. The van der Waals surface area contributed by atoms with Gasteiger partial charge in [0.15, 0.2) is 6.33 Å². The standard InChI is InChI=1S/C6H5F3N2/c1-2-5-3-10-4-11(5)6(7,8)9/h2H2,1H3. The Bertz CT molecular complexity index is 238. The van der Waals surface area contributed by atoms with E-state index in [1.165, 1.54) is 0 Å². The van der Waals surface area contributed by atoms with E-state index in [0.717, 1.165) is 0 Å². The molecule has 1 rings (SSSR count). The second-order valence-electron chi connectivity index (χ2n) is 1.93. The van der Waals surface area contributed by atoms with Crippen LogP contribution in [0, 0.1) is 12.5 Å². The molecular weight excluding hydrogens is 157 g/mol. The van der Waals surface area contributed by atoms with E-state index in [1.807, 2.05) is 0 Å². The molecule has 2 radical (unpaired) electrons. The summed E-state index contributed by atoms with van der Waals surface area (Å²) in [7, 11) is 0. The van der Waals surface area contributed by atoms with Crippen molar-refractivity contribution in [3.63, 3.8) is 0 Å². The van der Waals surface area contributed by atoms with Crippen LogP contribution in [-0.2, 0) is 12.7 Å². The summed E-state index contributed by atoms with van der Waals surface area (Å²) in [5.74, 6) is 0. The second kappa shape index (κ2) is 2.56. The van der Waals surface area contributed by atoms with Crippen LogP contribution in [-0.4, -0.2) is 9.55 Å². The fourth-order valence-electron chi connectivity index (χ4n) is 0.697. The van der Waals surface area contributed by atoms with Crippen LogP contribution in [0.3, 0.4) is 0 Å². The van der Waals surface area contributed by atoms with Gasteiger partial charge < -0.3 is 0 Å². The Balaban J connectivity index is 3.02. The SMILES string of the molecule is CCc1[c]n[c]n1C(F)(F)F. The van der Waals surface area contributed by atoms with Crippen molar-refractivity contribution in [1.29, 1.82) is 0 Å². The molecule has 1 aromatic rings. The minimum Gasteiger partial charge on any atom is -0.235 e. The van der Waals surface area contributed by atoms with Crippen LogP contribution >= 0.6 is 0 Å². The Labute approximate surface area is 61.7 Å². The van der Waals surface area contributed by atoms with Crippen LogP contribution in [0.5, 0.6) is 0 Å². The van der Waals surface area contributed by atoms with Crippen molar-refractivity contribution in [2.75, 3.05) is 0 Å². The Morgan fingerprint density at radius 3 is 2.55 bits per heavy atom. The zero-order valence-electron chi connectivity index (χ0n) is 5.74. The van der Waals surface area contributed by atoms with Crippen molar-refractivity contribution in [2.24, 2.45) is 0 Å². The molecule has 0 aliphatic rings. The largest absolute Gasteiger partial charge is 0.490 e. The van der Waals surface area contributed by atoms with E-state index in [-0.39, 0.29) is 16.7 Å². The summed E-state index contributed by atoms with van der Waals surface area (Å²) in [4.78, 5) is 3.15. The highest BCUT2D eigenvalue weighted by molar-refractivity contribution is 4.95. The van der Waals surface area contributed by atoms with Gasteiger partial charge >= 0.3 is 6.30 Å². The highest BCUT2D eigenvalue weighted by Crippen LogP contribution is 2.23. The molecule has 0 aromatic carbocycles. The minimum atomic E-state index is -4.42. The van der Waals surface area contributed by atoms with E-state index in [2.05, 4.69) is 11.2 Å². The van der Waals surface area contributed by atoms with Gasteiger partial charge in [0.05, 0.1) is 5.69 Å². The number of rotatable bonds is 1. The monoisotopic (exact) mass is 162 g/mol. The Morgan fingerprint density at radius 2 is 2.18 bits per heavy atom. The van der Waals surface area contributed by atoms with Crippen LogP contribution in [0.15, 0.2) is 0 Å². The summed E-state index contributed by atoms with van der Waals surface area (Å²) in [6.07, 6.45) is -0.190. The lowest BCUT2D eigenvalue weighted by molar-refractivity contribution is -0.205. The first kappa shape index (κ1) is 8.10. The van der Waals surface area contributed by atoms with Crippen molar-refractivity contribution in [2.45, 2.75) is 19.6 Å². The Hall–Kier alpha value is -1.00. The topological polar surface area (TPSA) is 17.8 Å². The minimum absolute atomic E-state index is 0.00231. The predicted molar refractivity (Wildman–Crippen MR) is 30.6 cm³/mol. The van der Waals surface area contributed by atoms with E-state index < -0.39 is 6.30 Å². The molecule has 0 atom stereocenters. The van der Waals surface area contributed by atoms with Crippen LogP contribution in [0.1, 0.15) is 12.6 Å². The molecule has 0 aliphatic heterocycles. The van der Waals surface area contributed by atoms with Crippen molar-refractivity contribution >= 4 is 0 Å². The van der Waals surface area contributed by atoms with Crippen molar-refractivity contribution in [1.82, 2.24) is 9.55 Å². The second-order valence-corrected chi connectivity index (χ2v) is 1.93. The molecule has 0 aliphatic carbocycles. The number of imidazole rings is 1. The van der Waals surface area contributed by atoms with Crippen LogP contribution in [0.4, 0.5) is 13.2 Å². The average Bonchev–Trinajstić information content (AvgIpc) is 2.31. The molecule has 0 spiro atoms. The number of hydrogen-bond acceptors (Lipinski definition) is 1. The van der Waals surface area contributed by atoms with E-state index in [9.17, 15) is 13.2 Å². The highest BCUT2D eigenvalue weighted by Gasteiger charge is 2.32. The molecule has 11 heavy (non-hydrogen) atoms. The molecule has 0 unspecified atom stereocenters. The van der Waals surface area contributed by atoms with Gasteiger partial charge in [-0.15, -0.1) is 13.2 Å². The van der Waals surface area contributed by atoms with Gasteiger partial charge in [-0.2, -0.15) is 0 Å². The lowest BCUT2D eigenvalue weighted by Gasteiger charge is -2.08. The summed E-state index contributed by atoms with van der Waals surface area (Å²) in [6, 6.07) is 0. The number of hydrogen-bond donors (Lipinski definition) is 0. The maximum atomic E-state index is 11.9. The smallest absolute Gasteiger partial charge is 0.235 e. The molecule has 0 amide bonds. The maximum absolute atomic E-state index is 11.9. The van der Waals surface area contributed by atoms with Crippen LogP contribution in [0.2, 0.25) is 0 Å². The Kier molecular flexibility index (Phi) is 1.89. The van der Waals surface area contributed by atoms with E-state index >= 15 is 0 Å². The zero-order chi connectivity index (χ0) is 8.48. The van der Waals surface area contributed by atoms with Gasteiger partial charge in [0.25, 0.3) is 0 Å². The van der Waals surface area contributed by atoms with Crippen LogP contribution < -0.4 is 0 Å². The van der Waals surface area contributed by atoms with Gasteiger partial charge in [-0.3, -0.25) is 0 Å². The van der Waals surface area contributed by atoms with Gasteiger partial charge in [-0.1, -0.05) is 6.92 Å². The normalized spacial score (nSPS) is 12.0. The third-order valence-corrected chi connectivity index (χ3v) is 1.19. The number of halogens is 3. The maximum Gasteiger partial charge on any atom is 0.490 e. The lowest BCUT2D eigenvalue weighted by atomic mass is 10.4. The summed E-state index contributed by atoms with van der Waals surface area (Å²) in [5.41, 5.74) is -0.00231. The summed E-state index contributed by atoms with van der Waals surface area (Å²) < 4.78 is 35.9. The average molecular weight is 162 g/mol. The lowest BCUT2D eigenvalue weighted by Crippen LogP contribution is -2.18. The summed E-state index contributed by atoms with van der Waals surface area (Å²) >= 11 is 0. The molecule has 5 heteroatoms. The highest BCUT2D eigenvalue weighted by atomic mass is 19.4. The van der Waals surface area contributed by atoms with Crippen molar-refractivity contribution in [3.05, 3.63) is 18.2 Å². The molecule has 0 fully saturated rings. The molecule has 0 saturated heterocycles. The van der Waals surface area contributed by atoms with Crippen LogP contribution in [0.25, 0.3) is 0 Å². The third-order valence-electron chi connectivity index (χ3n) is 1.19. The van der Waals surface area contributed by atoms with Gasteiger partial charge in [0, 0.05) is 0 Å². The molecular formula is C6H5F3N2. The predicted octanol–water partition coefficient (Wildman–Crippen LogP) is 1.52. The van der Waals surface area contributed by atoms with Gasteiger partial charge in [0.2, 0.25) is 0 Å². The Morgan fingerprint density at radius 1 is 1.55 bits per heavy atom. The molecule has 2 nitrogen and oxygen atoms in total. The fourth-order valence-corrected chi connectivity index (χ4v) is 0.697. The first-order valence-corrected chi connectivity index (χ1v) is 3.00. The number of aryl methyl sites for hydroxylation is 1. The third kappa shape index (κ3) is 1.53. The number of aromatic nitrogens is 2. The number of alkyl halides is 3. The quantitative estimate of drug-likeness (QED) is 0.612. The van der Waals surface area contributed by atoms with E-state index in [4.69, 9.17) is 0 Å². The molecule has 0 saturated carbocycles. The van der Waals surface area contributed by atoms with E-state index in [1.54, 1.807) is 13.3 Å². The van der Waals surface area contributed by atoms with Gasteiger partial charge in [0.1, 0.15) is 6.20 Å². The molecule has 1 heterocycles. The molecule has 0 bridgehead atoms. The summed E-state index contributed by atoms with van der Waals surface area (Å²) in [5, 5.41) is 0. The van der Waals surface area contributed by atoms with Crippen molar-refractivity contribution in [3.8, 4) is 0 Å². The van der Waals surface area contributed by atoms with Gasteiger partial charge in [-0.25, -0.2) is 9.55 Å². The van der Waals surface area contributed by atoms with Gasteiger partial charge in [-0.05, 0) is 6.42 Å². The van der Waals surface area contributed by atoms with Crippen molar-refractivity contribution < 1.29 is 13.2 Å². The number of nitrogens with zero attached hydrogens (tertiary/aromatic N) is 2. The summed E-state index contributed by atoms with van der Waals surface area (Å²) in [6.45, 7) is 1.60. The molecule has 60 valence electrons. The van der Waals surface area contributed by atoms with E-state index in [0.29, 0.717) is 0 Å². The first-order valence-electron chi connectivity index (χ1n) is 3.00. The molecule has 0 N–H and O–H groups in total. The molecule has 1 aromatic heterocycles. The zero-order valence-corrected chi connectivity index (χ0v) is 5.74.